The number of hydrogen-bond donors (Lipinski definition) is 2. The lowest BCUT2D eigenvalue weighted by Gasteiger charge is -2.03. The second kappa shape index (κ2) is 4.27. The third kappa shape index (κ3) is 2.24. The van der Waals surface area contributed by atoms with E-state index in [4.69, 9.17) is 5.73 Å². The van der Waals surface area contributed by atoms with Crippen molar-refractivity contribution in [2.45, 2.75) is 13.5 Å². The minimum atomic E-state index is 0.600. The number of nitrogens with two attached hydrogens (primary N) is 1. The van der Waals surface area contributed by atoms with Crippen molar-refractivity contribution in [3.8, 4) is 0 Å². The third-order valence-electron chi connectivity index (χ3n) is 2.12. The zero-order valence-electron chi connectivity index (χ0n) is 8.40. The summed E-state index contributed by atoms with van der Waals surface area (Å²) in [6, 6.07) is 5.85. The molecular weight excluding hydrogens is 208 g/mol. The van der Waals surface area contributed by atoms with Crippen molar-refractivity contribution in [2.75, 3.05) is 11.1 Å². The van der Waals surface area contributed by atoms with E-state index >= 15 is 0 Å². The third-order valence-corrected chi connectivity index (χ3v) is 3.04. The Morgan fingerprint density at radius 1 is 1.47 bits per heavy atom. The number of hydrogen-bond acceptors (Lipinski definition) is 5. The van der Waals surface area contributed by atoms with Crippen LogP contribution in [0.15, 0.2) is 24.4 Å². The monoisotopic (exact) mass is 220 g/mol. The Kier molecular flexibility index (Phi) is 2.82. The number of rotatable bonds is 3. The molecule has 2 heterocycles. The number of nitrogens with zero attached hydrogens (tertiary/aromatic N) is 2. The van der Waals surface area contributed by atoms with E-state index in [1.807, 2.05) is 25.1 Å². The topological polar surface area (TPSA) is 63.8 Å². The molecule has 0 aliphatic heterocycles. The van der Waals surface area contributed by atoms with Gasteiger partial charge in [0.15, 0.2) is 0 Å². The molecule has 2 aromatic heterocycles. The highest BCUT2D eigenvalue weighted by Gasteiger charge is 2.05. The second-order valence-electron chi connectivity index (χ2n) is 3.20. The largest absolute Gasteiger partial charge is 0.383 e. The van der Waals surface area contributed by atoms with E-state index in [9.17, 15) is 0 Å². The van der Waals surface area contributed by atoms with Gasteiger partial charge in [-0.25, -0.2) is 0 Å². The first-order valence-corrected chi connectivity index (χ1v) is 5.40. The molecule has 0 radical (unpaired) electrons. The first-order valence-electron chi connectivity index (χ1n) is 4.63. The Morgan fingerprint density at radius 2 is 2.33 bits per heavy atom. The van der Waals surface area contributed by atoms with Crippen molar-refractivity contribution < 1.29 is 0 Å². The van der Waals surface area contributed by atoms with E-state index in [0.29, 0.717) is 12.4 Å². The van der Waals surface area contributed by atoms with Crippen molar-refractivity contribution >= 4 is 22.4 Å². The Balaban J connectivity index is 2.02. The first kappa shape index (κ1) is 9.92. The van der Waals surface area contributed by atoms with Gasteiger partial charge in [-0.2, -0.15) is 4.37 Å². The average Bonchev–Trinajstić information content (AvgIpc) is 2.59. The number of pyridine rings is 1. The van der Waals surface area contributed by atoms with Gasteiger partial charge in [-0.15, -0.1) is 0 Å². The molecule has 0 atom stereocenters. The number of anilines is 2. The van der Waals surface area contributed by atoms with Crippen LogP contribution in [0.5, 0.6) is 0 Å². The van der Waals surface area contributed by atoms with Gasteiger partial charge in [0.2, 0.25) is 0 Å². The summed E-state index contributed by atoms with van der Waals surface area (Å²) >= 11 is 1.38. The van der Waals surface area contributed by atoms with Crippen LogP contribution in [-0.4, -0.2) is 9.36 Å². The lowest BCUT2D eigenvalue weighted by Crippen LogP contribution is -2.00. The van der Waals surface area contributed by atoms with E-state index in [1.54, 1.807) is 6.20 Å². The summed E-state index contributed by atoms with van der Waals surface area (Å²) in [5.41, 5.74) is 7.67. The molecule has 0 aromatic carbocycles. The van der Waals surface area contributed by atoms with Crippen molar-refractivity contribution in [2.24, 2.45) is 0 Å². The SMILES string of the molecule is Cc1c(N)nsc1NCc1ccccn1. The van der Waals surface area contributed by atoms with Gasteiger partial charge in [-0.05, 0) is 30.6 Å². The fraction of sp³-hybridized carbons (Fsp3) is 0.200. The van der Waals surface area contributed by atoms with E-state index in [1.165, 1.54) is 11.5 Å². The molecule has 2 rings (SSSR count). The van der Waals surface area contributed by atoms with Gasteiger partial charge in [0.25, 0.3) is 0 Å². The molecule has 0 bridgehead atoms. The number of nitrogen functional groups attached to an aromatic ring is 1. The highest BCUT2D eigenvalue weighted by Crippen LogP contribution is 2.25. The standard InChI is InChI=1S/C10H12N4S/c1-7-9(11)14-15-10(7)13-6-8-4-2-3-5-12-8/h2-5,13H,6H2,1H3,(H2,11,14). The van der Waals surface area contributed by atoms with Gasteiger partial charge < -0.3 is 11.1 Å². The molecule has 0 unspecified atom stereocenters. The van der Waals surface area contributed by atoms with E-state index in [-0.39, 0.29) is 0 Å². The maximum atomic E-state index is 5.65. The van der Waals surface area contributed by atoms with Gasteiger partial charge in [-0.3, -0.25) is 4.98 Å². The number of nitrogens with one attached hydrogen (secondary N) is 1. The van der Waals surface area contributed by atoms with Crippen LogP contribution in [0.1, 0.15) is 11.3 Å². The maximum absolute atomic E-state index is 5.65. The average molecular weight is 220 g/mol. The van der Waals surface area contributed by atoms with Crippen molar-refractivity contribution in [3.63, 3.8) is 0 Å². The summed E-state index contributed by atoms with van der Waals surface area (Å²) in [4.78, 5) is 4.22. The normalized spacial score (nSPS) is 10.2. The molecule has 0 fully saturated rings. The van der Waals surface area contributed by atoms with E-state index in [2.05, 4.69) is 14.7 Å². The molecule has 0 amide bonds. The summed E-state index contributed by atoms with van der Waals surface area (Å²) in [7, 11) is 0. The zero-order valence-corrected chi connectivity index (χ0v) is 9.21. The Labute approximate surface area is 92.3 Å². The fourth-order valence-corrected chi connectivity index (χ4v) is 1.89. The Morgan fingerprint density at radius 3 is 2.93 bits per heavy atom. The van der Waals surface area contributed by atoms with Crippen LogP contribution in [0.2, 0.25) is 0 Å². The van der Waals surface area contributed by atoms with Gasteiger partial charge >= 0.3 is 0 Å². The molecular formula is C10H12N4S. The molecule has 3 N–H and O–H groups in total. The zero-order chi connectivity index (χ0) is 10.7. The van der Waals surface area contributed by atoms with Gasteiger partial charge in [0.1, 0.15) is 10.8 Å². The maximum Gasteiger partial charge on any atom is 0.142 e. The molecule has 78 valence electrons. The minimum Gasteiger partial charge on any atom is -0.383 e. The summed E-state index contributed by atoms with van der Waals surface area (Å²) in [6.45, 7) is 2.66. The van der Waals surface area contributed by atoms with Crippen molar-refractivity contribution in [3.05, 3.63) is 35.7 Å². The quantitative estimate of drug-likeness (QED) is 0.830. The smallest absolute Gasteiger partial charge is 0.142 e. The fourth-order valence-electron chi connectivity index (χ4n) is 1.19. The molecule has 15 heavy (non-hydrogen) atoms. The molecule has 0 saturated heterocycles. The predicted molar refractivity (Wildman–Crippen MR) is 62.8 cm³/mol. The molecule has 5 heteroatoms. The van der Waals surface area contributed by atoms with Crippen LogP contribution in [0.25, 0.3) is 0 Å². The molecule has 0 aliphatic carbocycles. The molecule has 0 spiro atoms. The second-order valence-corrected chi connectivity index (χ2v) is 3.97. The number of aromatic nitrogens is 2. The van der Waals surface area contributed by atoms with E-state index < -0.39 is 0 Å². The van der Waals surface area contributed by atoms with Gasteiger partial charge in [0, 0.05) is 11.8 Å². The first-order chi connectivity index (χ1) is 7.27. The molecule has 2 aromatic rings. The lowest BCUT2D eigenvalue weighted by molar-refractivity contribution is 1.05. The molecule has 0 saturated carbocycles. The van der Waals surface area contributed by atoms with Crippen LogP contribution in [0, 0.1) is 6.92 Å². The minimum absolute atomic E-state index is 0.600. The predicted octanol–water partition coefficient (Wildman–Crippen LogP) is 2.04. The Bertz CT molecular complexity index is 438. The summed E-state index contributed by atoms with van der Waals surface area (Å²) in [5.74, 6) is 0.600. The van der Waals surface area contributed by atoms with Gasteiger partial charge in [0.05, 0.1) is 12.2 Å². The van der Waals surface area contributed by atoms with Crippen molar-refractivity contribution in [1.82, 2.24) is 9.36 Å². The lowest BCUT2D eigenvalue weighted by atomic mass is 10.3. The van der Waals surface area contributed by atoms with Gasteiger partial charge in [-0.1, -0.05) is 6.07 Å². The molecule has 0 aliphatic rings. The summed E-state index contributed by atoms with van der Waals surface area (Å²) in [6.07, 6.45) is 1.78. The van der Waals surface area contributed by atoms with Crippen LogP contribution in [0.3, 0.4) is 0 Å². The van der Waals surface area contributed by atoms with Crippen LogP contribution in [0.4, 0.5) is 10.8 Å². The molecule has 4 nitrogen and oxygen atoms in total. The van der Waals surface area contributed by atoms with E-state index in [0.717, 1.165) is 16.3 Å². The highest BCUT2D eigenvalue weighted by atomic mass is 32.1. The summed E-state index contributed by atoms with van der Waals surface area (Å²) < 4.78 is 4.06. The van der Waals surface area contributed by atoms with Crippen LogP contribution in [-0.2, 0) is 6.54 Å². The Hall–Kier alpha value is -1.62. The van der Waals surface area contributed by atoms with Crippen LogP contribution >= 0.6 is 11.5 Å². The van der Waals surface area contributed by atoms with Crippen molar-refractivity contribution in [1.29, 1.82) is 0 Å². The highest BCUT2D eigenvalue weighted by molar-refractivity contribution is 7.10. The summed E-state index contributed by atoms with van der Waals surface area (Å²) in [5, 5.41) is 4.28. The van der Waals surface area contributed by atoms with Crippen LogP contribution < -0.4 is 11.1 Å².